The van der Waals surface area contributed by atoms with Crippen LogP contribution in [0.1, 0.15) is 93.3 Å². The first-order chi connectivity index (χ1) is 31.3. The molecule has 0 spiro atoms. The number of pyridine rings is 1. The average Bonchev–Trinajstić information content (AvgIpc) is 3.89. The maximum Gasteiger partial charge on any atom is 0.435 e. The number of amides is 1. The molecular formula is C43H40ClF10N7O5S2. The minimum absolute atomic E-state index is 0.189. The Bertz CT molecular complexity index is 3120. The monoisotopic (exact) mass is 1020 g/mol. The van der Waals surface area contributed by atoms with E-state index in [2.05, 4.69) is 37.1 Å². The molecule has 0 unspecified atom stereocenters. The van der Waals surface area contributed by atoms with Gasteiger partial charge in [0.1, 0.15) is 40.9 Å². The molecule has 0 saturated heterocycles. The first kappa shape index (κ1) is 50.5. The van der Waals surface area contributed by atoms with E-state index in [1.54, 1.807) is 0 Å². The number of fused-ring (bicyclic) bond motifs is 2. The van der Waals surface area contributed by atoms with Crippen LogP contribution in [0.25, 0.3) is 22.0 Å². The van der Waals surface area contributed by atoms with Crippen LogP contribution in [-0.2, 0) is 56.3 Å². The smallest absolute Gasteiger partial charge is 0.346 e. The molecule has 7 rings (SSSR count). The maximum atomic E-state index is 15.7. The average molecular weight is 1020 g/mol. The van der Waals surface area contributed by atoms with E-state index in [9.17, 15) is 56.8 Å². The van der Waals surface area contributed by atoms with Crippen LogP contribution in [0.4, 0.5) is 49.7 Å². The van der Waals surface area contributed by atoms with Gasteiger partial charge >= 0.3 is 12.4 Å². The van der Waals surface area contributed by atoms with Gasteiger partial charge in [0.05, 0.1) is 38.7 Å². The van der Waals surface area contributed by atoms with Gasteiger partial charge in [-0.3, -0.25) is 18.9 Å². The van der Waals surface area contributed by atoms with Gasteiger partial charge in [-0.25, -0.2) is 30.6 Å². The molecule has 0 aliphatic heterocycles. The van der Waals surface area contributed by atoms with Crippen molar-refractivity contribution in [3.8, 4) is 23.0 Å². The van der Waals surface area contributed by atoms with E-state index in [-0.39, 0.29) is 43.2 Å². The van der Waals surface area contributed by atoms with Crippen molar-refractivity contribution in [1.29, 1.82) is 0 Å². The van der Waals surface area contributed by atoms with Crippen LogP contribution < -0.4 is 10.0 Å². The summed E-state index contributed by atoms with van der Waals surface area (Å²) in [5.41, 5.74) is -5.26. The van der Waals surface area contributed by atoms with Crippen molar-refractivity contribution in [2.75, 3.05) is 10.5 Å². The van der Waals surface area contributed by atoms with Gasteiger partial charge in [0.2, 0.25) is 15.9 Å². The van der Waals surface area contributed by atoms with Gasteiger partial charge in [0, 0.05) is 28.7 Å². The summed E-state index contributed by atoms with van der Waals surface area (Å²) in [5.74, 6) is -6.23. The molecule has 2 aliphatic carbocycles. The number of hydrogen-bond acceptors (Lipinski definition) is 8. The van der Waals surface area contributed by atoms with Crippen molar-refractivity contribution in [3.63, 3.8) is 0 Å². The zero-order chi connectivity index (χ0) is 50.3. The van der Waals surface area contributed by atoms with Gasteiger partial charge in [-0.2, -0.15) is 45.3 Å². The molecule has 0 radical (unpaired) electrons. The number of hydrogen-bond donors (Lipinski definition) is 2. The Hall–Kier alpha value is -5.41. The molecule has 5 aromatic rings. The number of carbonyl (C=O) groups excluding carboxylic acids is 1. The molecule has 3 heterocycles. The van der Waals surface area contributed by atoms with E-state index in [0.29, 0.717) is 23.6 Å². The van der Waals surface area contributed by atoms with Gasteiger partial charge in [-0.15, -0.1) is 0 Å². The van der Waals surface area contributed by atoms with E-state index in [0.717, 1.165) is 26.0 Å². The summed E-state index contributed by atoms with van der Waals surface area (Å²) in [6.07, 6.45) is -10.0. The molecule has 1 fully saturated rings. The number of alkyl halides is 8. The summed E-state index contributed by atoms with van der Waals surface area (Å²) in [7, 11) is -8.03. The zero-order valence-corrected chi connectivity index (χ0v) is 38.7. The Morgan fingerprint density at radius 1 is 0.941 bits per heavy atom. The molecule has 366 valence electrons. The molecular weight excluding hydrogens is 984 g/mol. The number of nitrogens with one attached hydrogen (secondary N) is 2. The second kappa shape index (κ2) is 17.5. The molecule has 68 heavy (non-hydrogen) atoms. The highest BCUT2D eigenvalue weighted by Gasteiger charge is 2.57. The third-order valence-electron chi connectivity index (χ3n) is 11.9. The molecule has 2 N–H and O–H groups in total. The number of benzene rings is 2. The van der Waals surface area contributed by atoms with Gasteiger partial charge < -0.3 is 5.32 Å². The summed E-state index contributed by atoms with van der Waals surface area (Å²) in [5, 5.41) is 8.51. The lowest BCUT2D eigenvalue weighted by Crippen LogP contribution is -2.35. The zero-order valence-electron chi connectivity index (χ0n) is 36.3. The van der Waals surface area contributed by atoms with Crippen molar-refractivity contribution in [1.82, 2.24) is 29.9 Å². The highest BCUT2D eigenvalue weighted by atomic mass is 35.5. The van der Waals surface area contributed by atoms with Crippen LogP contribution in [-0.4, -0.2) is 69.2 Å². The standard InChI is InChI=1S/C43H40ClF10N7O5S2/c1-6-67(63,64)59-39-34-30(44)12-11-29(36(34)61(58-39)20-41(47,48)49)28-10-7-26(13-14-40(4,5)68(65,66)27-8-9-27)55-35(28)31(17-23-15-24(45)18-25(46)16-23)56-32(62)19-60-38-33(37(57-60)43(52,53)54)21(2)22(3)42(38,50)51/h7,10-12,15-16,18,21-22,27,31H,6,8-9,17,19-20H2,1-5H3,(H,56,62)(H,58,59)/t21-,22+,31-/m0/s1. The normalized spacial score (nSPS) is 18.0. The van der Waals surface area contributed by atoms with Crippen LogP contribution >= 0.6 is 11.6 Å². The largest absolute Gasteiger partial charge is 0.435 e. The lowest BCUT2D eigenvalue weighted by Gasteiger charge is -2.24. The lowest BCUT2D eigenvalue weighted by atomic mass is 9.93. The fourth-order valence-corrected chi connectivity index (χ4v) is 10.7. The Balaban J connectivity index is 1.46. The number of halogens is 11. The van der Waals surface area contributed by atoms with Crippen LogP contribution in [0.3, 0.4) is 0 Å². The SMILES string of the molecule is CCS(=O)(=O)Nc1nn(CC(F)(F)F)c2c(-c3ccc(C#CC(C)(C)S(=O)(=O)C4CC4)nc3[C@H](Cc3cc(F)cc(F)c3)NC(=O)Cn3nc(C(F)(F)F)c4c3C(F)(F)[C@H](C)[C@@H]4C)ccc(Cl)c12. The van der Waals surface area contributed by atoms with E-state index < -0.39 is 137 Å². The second-order valence-electron chi connectivity index (χ2n) is 17.1. The third kappa shape index (κ3) is 9.88. The Kier molecular flexibility index (Phi) is 13.0. The van der Waals surface area contributed by atoms with Crippen molar-refractivity contribution >= 4 is 54.1 Å². The summed E-state index contributed by atoms with van der Waals surface area (Å²) >= 11 is 6.53. The quantitative estimate of drug-likeness (QED) is 0.0873. The van der Waals surface area contributed by atoms with Gasteiger partial charge in [-0.1, -0.05) is 37.4 Å². The molecule has 2 aromatic carbocycles. The minimum Gasteiger partial charge on any atom is -0.346 e. The summed E-state index contributed by atoms with van der Waals surface area (Å²) < 4.78 is 200. The second-order valence-corrected chi connectivity index (χ2v) is 22.3. The molecule has 1 amide bonds. The van der Waals surface area contributed by atoms with E-state index in [1.807, 2.05) is 0 Å². The molecule has 3 atom stereocenters. The summed E-state index contributed by atoms with van der Waals surface area (Å²) in [6, 6.07) is 5.35. The van der Waals surface area contributed by atoms with Crippen LogP contribution in [0.2, 0.25) is 5.02 Å². The number of anilines is 1. The number of sulfonamides is 1. The Morgan fingerprint density at radius 2 is 1.57 bits per heavy atom. The van der Waals surface area contributed by atoms with Crippen LogP contribution in [0, 0.1) is 29.4 Å². The number of sulfone groups is 1. The fourth-order valence-electron chi connectivity index (χ4n) is 8.11. The van der Waals surface area contributed by atoms with Gasteiger partial charge in [-0.05, 0) is 87.8 Å². The number of rotatable bonds is 13. The van der Waals surface area contributed by atoms with Crippen molar-refractivity contribution < 1.29 is 65.5 Å². The third-order valence-corrected chi connectivity index (χ3v) is 16.3. The summed E-state index contributed by atoms with van der Waals surface area (Å²) in [4.78, 5) is 18.8. The highest BCUT2D eigenvalue weighted by molar-refractivity contribution is 7.94. The fraction of sp³-hybridized carbons (Fsp3) is 0.442. The minimum atomic E-state index is -5.23. The molecule has 3 aromatic heterocycles. The topological polar surface area (TPSA) is 158 Å². The Morgan fingerprint density at radius 3 is 2.16 bits per heavy atom. The van der Waals surface area contributed by atoms with Crippen LogP contribution in [0.5, 0.6) is 0 Å². The number of nitrogens with zero attached hydrogens (tertiary/aromatic N) is 5. The van der Waals surface area contributed by atoms with Crippen LogP contribution in [0.15, 0.2) is 42.5 Å². The van der Waals surface area contributed by atoms with Crippen molar-refractivity contribution in [3.05, 3.63) is 93.0 Å². The molecule has 12 nitrogen and oxygen atoms in total. The molecule has 1 saturated carbocycles. The first-order valence-electron chi connectivity index (χ1n) is 20.7. The predicted octanol–water partition coefficient (Wildman–Crippen LogP) is 9.22. The van der Waals surface area contributed by atoms with Crippen molar-refractivity contribution in [2.45, 2.75) is 107 Å². The van der Waals surface area contributed by atoms with Gasteiger partial charge in [0.25, 0.3) is 5.92 Å². The lowest BCUT2D eigenvalue weighted by molar-refractivity contribution is -0.143. The molecule has 2 aliphatic rings. The molecule has 25 heteroatoms. The number of aromatic nitrogens is 5. The summed E-state index contributed by atoms with van der Waals surface area (Å²) in [6.45, 7) is 3.03. The highest BCUT2D eigenvalue weighted by Crippen LogP contribution is 2.55. The number of carbonyl (C=O) groups is 1. The Labute approximate surface area is 387 Å². The maximum absolute atomic E-state index is 15.7. The molecule has 0 bridgehead atoms. The van der Waals surface area contributed by atoms with E-state index >= 15 is 8.78 Å². The predicted molar refractivity (Wildman–Crippen MR) is 230 cm³/mol. The van der Waals surface area contributed by atoms with Gasteiger partial charge in [0.15, 0.2) is 21.3 Å². The van der Waals surface area contributed by atoms with E-state index in [1.165, 1.54) is 45.0 Å². The first-order valence-corrected chi connectivity index (χ1v) is 24.3. The van der Waals surface area contributed by atoms with E-state index in [4.69, 9.17) is 11.6 Å². The van der Waals surface area contributed by atoms with Crippen molar-refractivity contribution in [2.24, 2.45) is 5.92 Å².